The molecule has 0 radical (unpaired) electrons. The fourth-order valence-electron chi connectivity index (χ4n) is 17.7. The number of hydrogen-bond donors (Lipinski definition) is 3. The standard InChI is InChI=1S/3C29H44F2N6O2/c3*1-21(2)36-14-7-22(8-15-36)32-27-23-19-25(38-3)26(39-18-6-13-35-11-4-5-12-35)20-24(23)33-28(34-27)37-16-9-29(30,31)10-17-37/h3*19-22H,4-18H2,1-3H3,(H,32,33,34). The van der Waals surface area contributed by atoms with Crippen molar-refractivity contribution in [2.24, 2.45) is 0 Å². The van der Waals surface area contributed by atoms with Crippen LogP contribution in [0.2, 0.25) is 0 Å². The fourth-order valence-corrected chi connectivity index (χ4v) is 17.7. The van der Waals surface area contributed by atoms with Crippen LogP contribution in [0.1, 0.15) is 176 Å². The Morgan fingerprint density at radius 1 is 0.333 bits per heavy atom. The molecule has 0 atom stereocenters. The summed E-state index contributed by atoms with van der Waals surface area (Å²) in [6.07, 6.45) is 15.5. The number of nitrogens with one attached hydrogen (secondary N) is 3. The van der Waals surface area contributed by atoms with Crippen LogP contribution in [0, 0.1) is 0 Å². The summed E-state index contributed by atoms with van der Waals surface area (Å²) < 4.78 is 119. The van der Waals surface area contributed by atoms with E-state index in [1.807, 2.05) is 51.1 Å². The van der Waals surface area contributed by atoms with Crippen LogP contribution in [0.25, 0.3) is 32.7 Å². The van der Waals surface area contributed by atoms with E-state index < -0.39 is 17.8 Å². The van der Waals surface area contributed by atoms with Gasteiger partial charge in [0.15, 0.2) is 34.5 Å². The van der Waals surface area contributed by atoms with Crippen molar-refractivity contribution in [2.45, 2.75) is 230 Å². The summed E-state index contributed by atoms with van der Waals surface area (Å²) in [6.45, 7) is 33.0. The molecule has 3 aromatic carbocycles. The van der Waals surface area contributed by atoms with E-state index in [-0.39, 0.29) is 95.9 Å². The number of nitrogens with zero attached hydrogens (tertiary/aromatic N) is 15. The zero-order valence-electron chi connectivity index (χ0n) is 71.2. The van der Waals surface area contributed by atoms with Gasteiger partial charge in [-0.3, -0.25) is 0 Å². The number of halogens is 6. The van der Waals surface area contributed by atoms with Gasteiger partial charge in [-0.05, 0) is 195 Å². The van der Waals surface area contributed by atoms with Crippen molar-refractivity contribution in [3.8, 4) is 34.5 Å². The maximum absolute atomic E-state index is 13.9. The van der Waals surface area contributed by atoms with Crippen LogP contribution < -0.4 is 59.1 Å². The van der Waals surface area contributed by atoms with E-state index in [9.17, 15) is 26.3 Å². The van der Waals surface area contributed by atoms with Gasteiger partial charge in [0.25, 0.3) is 17.8 Å². The molecule has 3 aromatic heterocycles. The number of alkyl halides is 6. The second-order valence-electron chi connectivity index (χ2n) is 34.6. The smallest absolute Gasteiger partial charge is 0.251 e. The van der Waals surface area contributed by atoms with Crippen LogP contribution in [0.4, 0.5) is 61.6 Å². The molecule has 9 aliphatic heterocycles. The molecule has 24 nitrogen and oxygen atoms in total. The van der Waals surface area contributed by atoms with E-state index in [1.165, 1.54) is 77.8 Å². The van der Waals surface area contributed by atoms with Crippen LogP contribution in [-0.2, 0) is 0 Å². The largest absolute Gasteiger partial charge is 0.493 e. The molecule has 0 aliphatic carbocycles. The van der Waals surface area contributed by atoms with E-state index in [1.54, 1.807) is 21.3 Å². The summed E-state index contributed by atoms with van der Waals surface area (Å²) in [4.78, 5) is 49.7. The van der Waals surface area contributed by atoms with E-state index in [0.717, 1.165) is 167 Å². The van der Waals surface area contributed by atoms with Gasteiger partial charge in [-0.25, -0.2) is 41.3 Å². The number of ether oxygens (including phenoxy) is 6. The minimum absolute atomic E-state index is 0.182. The average molecular weight is 1640 g/mol. The van der Waals surface area contributed by atoms with Gasteiger partial charge < -0.3 is 88.5 Å². The van der Waals surface area contributed by atoms with E-state index in [0.29, 0.717) is 90.3 Å². The number of likely N-dealkylation sites (tertiary alicyclic amines) is 6. The van der Waals surface area contributed by atoms with Gasteiger partial charge >= 0.3 is 0 Å². The lowest BCUT2D eigenvalue weighted by Crippen LogP contribution is -2.42. The second kappa shape index (κ2) is 40.8. The lowest BCUT2D eigenvalue weighted by Gasteiger charge is -2.35. The van der Waals surface area contributed by atoms with Gasteiger partial charge in [-0.2, -0.15) is 15.0 Å². The summed E-state index contributed by atoms with van der Waals surface area (Å²) in [6, 6.07) is 14.0. The van der Waals surface area contributed by atoms with Gasteiger partial charge in [-0.1, -0.05) is 0 Å². The first-order valence-electron chi connectivity index (χ1n) is 44.1. The molecule has 6 aromatic rings. The first kappa shape index (κ1) is 87.4. The lowest BCUT2D eigenvalue weighted by atomic mass is 10.0. The van der Waals surface area contributed by atoms with Gasteiger partial charge in [0.2, 0.25) is 17.8 Å². The Morgan fingerprint density at radius 2 is 0.573 bits per heavy atom. The maximum atomic E-state index is 13.9. The van der Waals surface area contributed by atoms with Crippen LogP contribution in [-0.4, -0.2) is 292 Å². The Balaban J connectivity index is 0.000000152. The normalized spacial score (nSPS) is 21.1. The van der Waals surface area contributed by atoms with Crippen molar-refractivity contribution >= 4 is 68.0 Å². The second-order valence-corrected chi connectivity index (χ2v) is 34.6. The number of hydrogen-bond acceptors (Lipinski definition) is 24. The highest BCUT2D eigenvalue weighted by atomic mass is 19.3. The number of methoxy groups -OCH3 is 3. The Morgan fingerprint density at radius 3 is 0.795 bits per heavy atom. The minimum atomic E-state index is -2.62. The van der Waals surface area contributed by atoms with Crippen molar-refractivity contribution in [2.75, 3.05) is 209 Å². The zero-order chi connectivity index (χ0) is 82.2. The van der Waals surface area contributed by atoms with Gasteiger partial charge in [0.1, 0.15) is 17.5 Å². The summed E-state index contributed by atoms with van der Waals surface area (Å²) >= 11 is 0. The Hall–Kier alpha value is -7.38. The SMILES string of the molecule is COc1cc2c(NC3CCN(C(C)C)CC3)nc(N3CCC(F)(F)CC3)nc2cc1OCCCN1CCCC1.COc1cc2c(NC3CCN(C(C)C)CC3)nc(N3CCC(F)(F)CC3)nc2cc1OCCCN1CCCC1.COc1cc2c(NC3CCN(C(C)C)CC3)nc(N3CCC(F)(F)CC3)nc2cc1OCCCN1CCCC1. The third-order valence-corrected chi connectivity index (χ3v) is 25.3. The molecule has 3 N–H and O–H groups in total. The number of fused-ring (bicyclic) bond motifs is 3. The molecule has 648 valence electrons. The van der Waals surface area contributed by atoms with Crippen LogP contribution in [0.5, 0.6) is 34.5 Å². The number of piperidine rings is 6. The first-order chi connectivity index (χ1) is 56.4. The molecular formula is C87H132F6N18O6. The molecule has 15 rings (SSSR count). The molecule has 9 aliphatic rings. The molecule has 0 bridgehead atoms. The predicted molar refractivity (Wildman–Crippen MR) is 455 cm³/mol. The zero-order valence-corrected chi connectivity index (χ0v) is 71.2. The molecule has 0 spiro atoms. The highest BCUT2D eigenvalue weighted by Crippen LogP contribution is 2.42. The fraction of sp³-hybridized carbons (Fsp3) is 0.724. The molecule has 117 heavy (non-hydrogen) atoms. The summed E-state index contributed by atoms with van der Waals surface area (Å²) in [7, 11) is 4.95. The van der Waals surface area contributed by atoms with Gasteiger partial charge in [-0.15, -0.1) is 0 Å². The molecule has 0 saturated carbocycles. The topological polar surface area (TPSA) is 198 Å². The molecule has 12 heterocycles. The highest BCUT2D eigenvalue weighted by molar-refractivity contribution is 5.95. The van der Waals surface area contributed by atoms with Gasteiger partial charge in [0, 0.05) is 207 Å². The van der Waals surface area contributed by atoms with Crippen molar-refractivity contribution in [1.82, 2.24) is 59.3 Å². The van der Waals surface area contributed by atoms with Crippen molar-refractivity contribution < 1.29 is 54.8 Å². The highest BCUT2D eigenvalue weighted by Gasteiger charge is 2.39. The van der Waals surface area contributed by atoms with E-state index in [2.05, 4.69) is 86.9 Å². The van der Waals surface area contributed by atoms with Crippen LogP contribution >= 0.6 is 0 Å². The van der Waals surface area contributed by atoms with Gasteiger partial charge in [0.05, 0.1) is 57.7 Å². The minimum Gasteiger partial charge on any atom is -0.493 e. The molecule has 9 saturated heterocycles. The number of anilines is 6. The van der Waals surface area contributed by atoms with E-state index >= 15 is 0 Å². The van der Waals surface area contributed by atoms with Crippen molar-refractivity contribution in [3.05, 3.63) is 36.4 Å². The lowest BCUT2D eigenvalue weighted by molar-refractivity contribution is -0.0228. The third kappa shape index (κ3) is 24.0. The predicted octanol–water partition coefficient (Wildman–Crippen LogP) is 15.1. The summed E-state index contributed by atoms with van der Waals surface area (Å²) in [5, 5.41) is 13.6. The van der Waals surface area contributed by atoms with Crippen molar-refractivity contribution in [3.63, 3.8) is 0 Å². The number of aromatic nitrogens is 6. The number of benzene rings is 3. The molecule has 0 amide bonds. The summed E-state index contributed by atoms with van der Waals surface area (Å²) in [5.74, 6) is -0.307. The first-order valence-corrected chi connectivity index (χ1v) is 44.1. The average Bonchev–Trinajstić information content (AvgIpc) is 1.38. The molecule has 0 unspecified atom stereocenters. The maximum Gasteiger partial charge on any atom is 0.251 e. The Bertz CT molecular complexity index is 3690. The number of rotatable bonds is 30. The van der Waals surface area contributed by atoms with Crippen LogP contribution in [0.3, 0.4) is 0 Å². The van der Waals surface area contributed by atoms with Crippen LogP contribution in [0.15, 0.2) is 36.4 Å². The molecule has 9 fully saturated rings. The Labute approximate surface area is 689 Å². The van der Waals surface area contributed by atoms with E-state index in [4.69, 9.17) is 58.3 Å². The quantitative estimate of drug-likeness (QED) is 0.0284. The Kier molecular flexibility index (Phi) is 30.5. The van der Waals surface area contributed by atoms with Crippen molar-refractivity contribution in [1.29, 1.82) is 0 Å². The summed E-state index contributed by atoms with van der Waals surface area (Å²) in [5.41, 5.74) is 2.19. The monoisotopic (exact) mass is 1640 g/mol. The molecular weight excluding hydrogens is 1510 g/mol. The molecule has 30 heteroatoms. The third-order valence-electron chi connectivity index (χ3n) is 25.3.